The van der Waals surface area contributed by atoms with Crippen LogP contribution in [0.2, 0.25) is 0 Å². The lowest BCUT2D eigenvalue weighted by molar-refractivity contribution is -0.162. The van der Waals surface area contributed by atoms with Crippen LogP contribution in [0.15, 0.2) is 30.3 Å². The molecule has 26 heavy (non-hydrogen) atoms. The van der Waals surface area contributed by atoms with E-state index in [1.54, 1.807) is 4.90 Å². The van der Waals surface area contributed by atoms with E-state index in [1.165, 1.54) is 0 Å². The Morgan fingerprint density at radius 1 is 1.31 bits per heavy atom. The van der Waals surface area contributed by atoms with E-state index in [0.717, 1.165) is 5.56 Å². The number of hydrogen-bond acceptors (Lipinski definition) is 5. The summed E-state index contributed by atoms with van der Waals surface area (Å²) in [6.45, 7) is 4.63. The van der Waals surface area contributed by atoms with Crippen LogP contribution < -0.4 is 5.32 Å². The van der Waals surface area contributed by atoms with Gasteiger partial charge in [0.25, 0.3) is 11.8 Å². The van der Waals surface area contributed by atoms with Crippen molar-refractivity contribution < 1.29 is 24.2 Å². The zero-order valence-electron chi connectivity index (χ0n) is 15.1. The Kier molecular flexibility index (Phi) is 5.90. The number of nitrogens with one attached hydrogen (secondary N) is 1. The molecule has 3 rings (SSSR count). The highest BCUT2D eigenvalue weighted by Gasteiger charge is 2.51. The summed E-state index contributed by atoms with van der Waals surface area (Å²) in [4.78, 5) is 26.9. The molecule has 0 aromatic heterocycles. The molecule has 0 unspecified atom stereocenters. The van der Waals surface area contributed by atoms with E-state index in [2.05, 4.69) is 5.32 Å². The molecule has 7 nitrogen and oxygen atoms in total. The maximum absolute atomic E-state index is 12.7. The van der Waals surface area contributed by atoms with Crippen LogP contribution in [-0.4, -0.2) is 59.5 Å². The molecule has 2 heterocycles. The number of aliphatic hydroxyl groups excluding tert-OH is 1. The average Bonchev–Trinajstić information content (AvgIpc) is 2.99. The van der Waals surface area contributed by atoms with Crippen LogP contribution in [0.4, 0.5) is 0 Å². The molecule has 2 saturated heterocycles. The van der Waals surface area contributed by atoms with Gasteiger partial charge in [0.15, 0.2) is 18.5 Å². The van der Waals surface area contributed by atoms with Crippen LogP contribution in [0.5, 0.6) is 0 Å². The highest BCUT2D eigenvalue weighted by atomic mass is 16.7. The molecule has 142 valence electrons. The topological polar surface area (TPSA) is 88.1 Å². The number of ether oxygens (including phenoxy) is 2. The quantitative estimate of drug-likeness (QED) is 0.744. The highest BCUT2D eigenvalue weighted by Crippen LogP contribution is 2.28. The molecular weight excluding hydrogens is 336 g/mol. The molecule has 2 bridgehead atoms. The van der Waals surface area contributed by atoms with Crippen molar-refractivity contribution in [2.45, 2.75) is 51.4 Å². The maximum Gasteiger partial charge on any atom is 0.255 e. The van der Waals surface area contributed by atoms with Crippen LogP contribution in [0.25, 0.3) is 0 Å². The molecule has 2 N–H and O–H groups in total. The zero-order valence-corrected chi connectivity index (χ0v) is 15.1. The van der Waals surface area contributed by atoms with E-state index in [-0.39, 0.29) is 18.6 Å². The first-order chi connectivity index (χ1) is 12.5. The fourth-order valence-electron chi connectivity index (χ4n) is 3.40. The Morgan fingerprint density at radius 2 is 2.04 bits per heavy atom. The van der Waals surface area contributed by atoms with Crippen molar-refractivity contribution in [3.8, 4) is 0 Å². The maximum atomic E-state index is 12.7. The van der Waals surface area contributed by atoms with Crippen molar-refractivity contribution >= 4 is 11.8 Å². The van der Waals surface area contributed by atoms with Gasteiger partial charge in [-0.1, -0.05) is 44.2 Å². The molecule has 2 amide bonds. The van der Waals surface area contributed by atoms with E-state index in [9.17, 15) is 14.7 Å². The number of fused-ring (bicyclic) bond motifs is 2. The summed E-state index contributed by atoms with van der Waals surface area (Å²) in [5.74, 6) is -0.324. The minimum Gasteiger partial charge on any atom is -0.394 e. The molecule has 2 aliphatic heterocycles. The summed E-state index contributed by atoms with van der Waals surface area (Å²) >= 11 is 0. The van der Waals surface area contributed by atoms with Gasteiger partial charge >= 0.3 is 0 Å². The summed E-state index contributed by atoms with van der Waals surface area (Å²) in [6, 6.07) is 9.31. The van der Waals surface area contributed by atoms with Gasteiger partial charge in [0, 0.05) is 6.54 Å². The van der Waals surface area contributed by atoms with Gasteiger partial charge in [-0.2, -0.15) is 0 Å². The predicted molar refractivity (Wildman–Crippen MR) is 93.9 cm³/mol. The van der Waals surface area contributed by atoms with E-state index in [4.69, 9.17) is 9.47 Å². The second-order valence-electron chi connectivity index (χ2n) is 7.26. The number of carbonyl (C=O) groups excluding carboxylic acids is 2. The van der Waals surface area contributed by atoms with E-state index in [0.29, 0.717) is 25.4 Å². The standard InChI is InChI=1S/C19H26N2O5/c1-12(2)8-14(11-22)20-18(23)16-17-19(24)21(10-15(25-16)26-17)9-13-6-4-3-5-7-13/h3-7,12,14-17,22H,8-11H2,1-2H3,(H,20,23)/t14-,15+,16+,17+/m1/s1. The minimum absolute atomic E-state index is 0.153. The molecule has 0 spiro atoms. The first-order valence-electron chi connectivity index (χ1n) is 9.02. The smallest absolute Gasteiger partial charge is 0.255 e. The summed E-state index contributed by atoms with van der Waals surface area (Å²) in [5, 5.41) is 12.2. The van der Waals surface area contributed by atoms with Gasteiger partial charge < -0.3 is 24.8 Å². The SMILES string of the molecule is CC(C)C[C@H](CO)NC(=O)[C@H]1O[C@@H]2CN(Cc3ccccc3)C(=O)[C@H]1O2. The Labute approximate surface area is 153 Å². The molecule has 0 radical (unpaired) electrons. The van der Waals surface area contributed by atoms with Gasteiger partial charge in [-0.25, -0.2) is 0 Å². The molecule has 1 aromatic carbocycles. The normalized spacial score (nSPS) is 26.2. The van der Waals surface area contributed by atoms with Crippen molar-refractivity contribution in [3.05, 3.63) is 35.9 Å². The molecular formula is C19H26N2O5. The third-order valence-corrected chi connectivity index (χ3v) is 4.59. The van der Waals surface area contributed by atoms with Crippen LogP contribution in [0.1, 0.15) is 25.8 Å². The number of morpholine rings is 1. The number of carbonyl (C=O) groups is 2. The first kappa shape index (κ1) is 18.8. The number of aliphatic hydroxyl groups is 1. The molecule has 0 aliphatic carbocycles. The number of benzene rings is 1. The minimum atomic E-state index is -0.977. The number of hydrogen-bond donors (Lipinski definition) is 2. The largest absolute Gasteiger partial charge is 0.394 e. The van der Waals surface area contributed by atoms with Gasteiger partial charge in [0.05, 0.1) is 19.2 Å². The number of rotatable bonds is 7. The molecule has 4 atom stereocenters. The summed E-state index contributed by atoms with van der Waals surface area (Å²) in [7, 11) is 0. The molecule has 2 aliphatic rings. The second-order valence-corrected chi connectivity index (χ2v) is 7.26. The molecule has 0 saturated carbocycles. The predicted octanol–water partition coefficient (Wildman–Crippen LogP) is 0.662. The van der Waals surface area contributed by atoms with Gasteiger partial charge in [0.1, 0.15) is 0 Å². The molecule has 2 fully saturated rings. The summed E-state index contributed by atoms with van der Waals surface area (Å²) < 4.78 is 11.2. The fourth-order valence-corrected chi connectivity index (χ4v) is 3.40. The Hall–Kier alpha value is -1.96. The van der Waals surface area contributed by atoms with Crippen LogP contribution >= 0.6 is 0 Å². The number of nitrogens with zero attached hydrogens (tertiary/aromatic N) is 1. The van der Waals surface area contributed by atoms with Gasteiger partial charge in [-0.3, -0.25) is 9.59 Å². The van der Waals surface area contributed by atoms with Crippen molar-refractivity contribution in [1.82, 2.24) is 10.2 Å². The second kappa shape index (κ2) is 8.16. The van der Waals surface area contributed by atoms with E-state index < -0.39 is 24.4 Å². The van der Waals surface area contributed by atoms with Crippen molar-refractivity contribution in [3.63, 3.8) is 0 Å². The fraction of sp³-hybridized carbons (Fsp3) is 0.579. The Balaban J connectivity index is 1.63. The van der Waals surface area contributed by atoms with E-state index in [1.807, 2.05) is 44.2 Å². The number of amides is 2. The molecule has 1 aromatic rings. The average molecular weight is 362 g/mol. The monoisotopic (exact) mass is 362 g/mol. The van der Waals surface area contributed by atoms with Gasteiger partial charge in [0.2, 0.25) is 0 Å². The van der Waals surface area contributed by atoms with Crippen molar-refractivity contribution in [2.24, 2.45) is 5.92 Å². The Morgan fingerprint density at radius 3 is 2.69 bits per heavy atom. The van der Waals surface area contributed by atoms with Crippen molar-refractivity contribution in [2.75, 3.05) is 13.2 Å². The third kappa shape index (κ3) is 4.23. The van der Waals surface area contributed by atoms with Crippen LogP contribution in [0, 0.1) is 5.92 Å². The summed E-state index contributed by atoms with van der Waals surface area (Å²) in [6.07, 6.45) is -1.86. The van der Waals surface area contributed by atoms with Gasteiger partial charge in [-0.15, -0.1) is 0 Å². The van der Waals surface area contributed by atoms with E-state index >= 15 is 0 Å². The molecule has 7 heteroatoms. The van der Waals surface area contributed by atoms with Gasteiger partial charge in [-0.05, 0) is 17.9 Å². The van der Waals surface area contributed by atoms with Crippen LogP contribution in [-0.2, 0) is 25.6 Å². The summed E-state index contributed by atoms with van der Waals surface area (Å²) in [5.41, 5.74) is 1.01. The highest BCUT2D eigenvalue weighted by molar-refractivity contribution is 5.92. The first-order valence-corrected chi connectivity index (χ1v) is 9.02. The third-order valence-electron chi connectivity index (χ3n) is 4.59. The lowest BCUT2D eigenvalue weighted by atomic mass is 10.0. The zero-order chi connectivity index (χ0) is 18.7. The lowest BCUT2D eigenvalue weighted by Gasteiger charge is -2.30. The van der Waals surface area contributed by atoms with Crippen molar-refractivity contribution in [1.29, 1.82) is 0 Å². The Bertz CT molecular complexity index is 636. The van der Waals surface area contributed by atoms with Crippen LogP contribution in [0.3, 0.4) is 0 Å². The lowest BCUT2D eigenvalue weighted by Crippen LogP contribution is -2.52.